The fraction of sp³-hybridized carbons (Fsp3) is 1.00. The van der Waals surface area contributed by atoms with E-state index in [2.05, 4.69) is 0 Å². The largest absolute Gasteiger partial charge is 0.396 e. The predicted molar refractivity (Wildman–Crippen MR) is 35.7 cm³/mol. The first kappa shape index (κ1) is 11.7. The molecule has 0 amide bonds. The van der Waals surface area contributed by atoms with Crippen molar-refractivity contribution in [2.24, 2.45) is 5.73 Å². The molecule has 0 bridgehead atoms. The Balaban J connectivity index is 0. The smallest absolute Gasteiger partial charge is 0.0431 e. The minimum atomic E-state index is 0. The maximum absolute atomic E-state index is 8.25. The zero-order valence-corrected chi connectivity index (χ0v) is 7.56. The molecule has 0 aliphatic heterocycles. The maximum Gasteiger partial charge on any atom is 0.0431 e. The van der Waals surface area contributed by atoms with Crippen LogP contribution in [0.4, 0.5) is 0 Å². The van der Waals surface area contributed by atoms with Crippen LogP contribution in [0.3, 0.4) is 0 Å². The summed E-state index contributed by atoms with van der Waals surface area (Å²) < 4.78 is 0. The normalized spacial score (nSPS) is 8.25. The summed E-state index contributed by atoms with van der Waals surface area (Å²) in [5, 5.41) is 8.25. The Labute approximate surface area is 72.7 Å². The van der Waals surface area contributed by atoms with Crippen LogP contribution in [0.1, 0.15) is 19.3 Å². The summed E-state index contributed by atoms with van der Waals surface area (Å²) in [5.74, 6) is 0. The molecule has 0 saturated carbocycles. The summed E-state index contributed by atoms with van der Waals surface area (Å²) in [6, 6.07) is 0. The molecule has 8 heavy (non-hydrogen) atoms. The van der Waals surface area contributed by atoms with E-state index in [1.165, 1.54) is 0 Å². The SMILES string of the molecule is NCCCCCO.[Na]. The van der Waals surface area contributed by atoms with Crippen molar-refractivity contribution in [1.82, 2.24) is 0 Å². The second-order valence-corrected chi connectivity index (χ2v) is 1.57. The van der Waals surface area contributed by atoms with Crippen LogP contribution in [-0.4, -0.2) is 47.8 Å². The third-order valence-electron chi connectivity index (χ3n) is 0.862. The van der Waals surface area contributed by atoms with Gasteiger partial charge in [-0.2, -0.15) is 0 Å². The van der Waals surface area contributed by atoms with E-state index in [9.17, 15) is 0 Å². The van der Waals surface area contributed by atoms with E-state index in [0.29, 0.717) is 6.61 Å². The molecule has 0 heterocycles. The predicted octanol–water partition coefficient (Wildman–Crippen LogP) is -0.273. The number of aliphatic hydroxyl groups is 1. The van der Waals surface area contributed by atoms with Gasteiger partial charge in [0.15, 0.2) is 0 Å². The molecule has 3 heteroatoms. The van der Waals surface area contributed by atoms with Gasteiger partial charge in [0.05, 0.1) is 0 Å². The zero-order valence-electron chi connectivity index (χ0n) is 5.56. The van der Waals surface area contributed by atoms with Crippen molar-refractivity contribution >= 4 is 29.6 Å². The van der Waals surface area contributed by atoms with Gasteiger partial charge in [-0.25, -0.2) is 0 Å². The first-order chi connectivity index (χ1) is 3.41. The van der Waals surface area contributed by atoms with E-state index in [-0.39, 0.29) is 29.6 Å². The van der Waals surface area contributed by atoms with Crippen molar-refractivity contribution in [1.29, 1.82) is 0 Å². The van der Waals surface area contributed by atoms with Crippen LogP contribution >= 0.6 is 0 Å². The minimum absolute atomic E-state index is 0. The summed E-state index contributed by atoms with van der Waals surface area (Å²) >= 11 is 0. The Hall–Kier alpha value is 0.920. The summed E-state index contributed by atoms with van der Waals surface area (Å²) in [6.07, 6.45) is 3.00. The van der Waals surface area contributed by atoms with Crippen molar-refractivity contribution in [3.8, 4) is 0 Å². The van der Waals surface area contributed by atoms with Gasteiger partial charge in [-0.1, -0.05) is 0 Å². The third-order valence-corrected chi connectivity index (χ3v) is 0.862. The Kier molecular flexibility index (Phi) is 15.8. The van der Waals surface area contributed by atoms with Gasteiger partial charge < -0.3 is 10.8 Å². The fourth-order valence-corrected chi connectivity index (χ4v) is 0.433. The van der Waals surface area contributed by atoms with Crippen LogP contribution in [0.2, 0.25) is 0 Å². The molecule has 45 valence electrons. The number of hydrogen-bond acceptors (Lipinski definition) is 2. The molecule has 0 aliphatic rings. The summed E-state index contributed by atoms with van der Waals surface area (Å²) in [4.78, 5) is 0. The number of aliphatic hydroxyl groups excluding tert-OH is 1. The van der Waals surface area contributed by atoms with Crippen molar-refractivity contribution in [3.05, 3.63) is 0 Å². The maximum atomic E-state index is 8.25. The van der Waals surface area contributed by atoms with Crippen molar-refractivity contribution < 1.29 is 5.11 Å². The van der Waals surface area contributed by atoms with Crippen molar-refractivity contribution in [2.45, 2.75) is 19.3 Å². The quantitative estimate of drug-likeness (QED) is 0.402. The van der Waals surface area contributed by atoms with Gasteiger partial charge in [0, 0.05) is 36.2 Å². The first-order valence-corrected chi connectivity index (χ1v) is 2.72. The van der Waals surface area contributed by atoms with Gasteiger partial charge in [0.1, 0.15) is 0 Å². The Morgan fingerprint density at radius 1 is 1.12 bits per heavy atom. The second-order valence-electron chi connectivity index (χ2n) is 1.57. The van der Waals surface area contributed by atoms with Crippen LogP contribution in [-0.2, 0) is 0 Å². The molecule has 0 aromatic heterocycles. The molecule has 0 aliphatic carbocycles. The Morgan fingerprint density at radius 2 is 1.75 bits per heavy atom. The van der Waals surface area contributed by atoms with E-state index in [4.69, 9.17) is 10.8 Å². The summed E-state index contributed by atoms with van der Waals surface area (Å²) in [5.41, 5.74) is 5.19. The monoisotopic (exact) mass is 126 g/mol. The number of hydrogen-bond donors (Lipinski definition) is 2. The van der Waals surface area contributed by atoms with Gasteiger partial charge in [0.25, 0.3) is 0 Å². The molecule has 0 atom stereocenters. The molecule has 1 radical (unpaired) electrons. The van der Waals surface area contributed by atoms with Crippen LogP contribution in [0.25, 0.3) is 0 Å². The molecule has 0 fully saturated rings. The Bertz CT molecular complexity index is 31.6. The molecule has 0 rings (SSSR count). The zero-order chi connectivity index (χ0) is 5.54. The first-order valence-electron chi connectivity index (χ1n) is 2.72. The minimum Gasteiger partial charge on any atom is -0.396 e. The number of nitrogens with two attached hydrogens (primary N) is 1. The van der Waals surface area contributed by atoms with Crippen LogP contribution in [0.15, 0.2) is 0 Å². The van der Waals surface area contributed by atoms with Crippen LogP contribution in [0.5, 0.6) is 0 Å². The number of rotatable bonds is 4. The third kappa shape index (κ3) is 10.0. The van der Waals surface area contributed by atoms with Crippen molar-refractivity contribution in [2.75, 3.05) is 13.2 Å². The topological polar surface area (TPSA) is 46.2 Å². The van der Waals surface area contributed by atoms with Crippen LogP contribution < -0.4 is 5.73 Å². The molecule has 2 nitrogen and oxygen atoms in total. The molecule has 0 unspecified atom stereocenters. The fourth-order valence-electron chi connectivity index (χ4n) is 0.433. The van der Waals surface area contributed by atoms with Crippen LogP contribution in [0, 0.1) is 0 Å². The van der Waals surface area contributed by atoms with Gasteiger partial charge in [-0.3, -0.25) is 0 Å². The molecule has 0 spiro atoms. The average Bonchev–Trinajstić information content (AvgIpc) is 1.69. The second kappa shape index (κ2) is 10.8. The van der Waals surface area contributed by atoms with Gasteiger partial charge in [0.2, 0.25) is 0 Å². The van der Waals surface area contributed by atoms with E-state index in [0.717, 1.165) is 25.8 Å². The summed E-state index contributed by atoms with van der Waals surface area (Å²) in [6.45, 7) is 1.06. The molecule has 3 N–H and O–H groups in total. The van der Waals surface area contributed by atoms with E-state index >= 15 is 0 Å². The van der Waals surface area contributed by atoms with Gasteiger partial charge in [-0.15, -0.1) is 0 Å². The molecule has 0 saturated heterocycles. The van der Waals surface area contributed by atoms with E-state index in [1.54, 1.807) is 0 Å². The van der Waals surface area contributed by atoms with Gasteiger partial charge >= 0.3 is 0 Å². The standard InChI is InChI=1S/C5H13NO.Na/c6-4-2-1-3-5-7;/h7H,1-6H2;. The van der Waals surface area contributed by atoms with Gasteiger partial charge in [-0.05, 0) is 25.8 Å². The number of unbranched alkanes of at least 4 members (excludes halogenated alkanes) is 2. The molecule has 0 aromatic rings. The van der Waals surface area contributed by atoms with E-state index < -0.39 is 0 Å². The molecular formula is C5H13NNaO. The molecular weight excluding hydrogens is 113 g/mol. The molecule has 0 aromatic carbocycles. The Morgan fingerprint density at radius 3 is 2.12 bits per heavy atom. The van der Waals surface area contributed by atoms with Crippen molar-refractivity contribution in [3.63, 3.8) is 0 Å². The summed E-state index contributed by atoms with van der Waals surface area (Å²) in [7, 11) is 0. The average molecular weight is 126 g/mol. The van der Waals surface area contributed by atoms with E-state index in [1.807, 2.05) is 0 Å².